The Morgan fingerprint density at radius 3 is 2.31 bits per heavy atom. The fourth-order valence-electron chi connectivity index (χ4n) is 4.13. The van der Waals surface area contributed by atoms with Crippen LogP contribution in [0, 0.1) is 6.92 Å². The number of carbonyl (C=O) groups is 1. The van der Waals surface area contributed by atoms with Crippen molar-refractivity contribution < 1.29 is 17.9 Å². The van der Waals surface area contributed by atoms with Crippen LogP contribution in [-0.4, -0.2) is 50.9 Å². The van der Waals surface area contributed by atoms with Crippen LogP contribution in [0.2, 0.25) is 5.02 Å². The van der Waals surface area contributed by atoms with Crippen molar-refractivity contribution in [3.63, 3.8) is 0 Å². The number of halogens is 1. The number of rotatable bonds is 7. The van der Waals surface area contributed by atoms with E-state index in [1.165, 1.54) is 4.31 Å². The number of hydrogen-bond acceptors (Lipinski definition) is 5. The van der Waals surface area contributed by atoms with Gasteiger partial charge in [-0.1, -0.05) is 41.4 Å². The Morgan fingerprint density at radius 2 is 1.64 bits per heavy atom. The summed E-state index contributed by atoms with van der Waals surface area (Å²) in [5.74, 6) is 0.336. The summed E-state index contributed by atoms with van der Waals surface area (Å²) in [6.45, 7) is 7.27. The summed E-state index contributed by atoms with van der Waals surface area (Å²) in [6.07, 6.45) is -0.00340. The molecule has 0 aromatic heterocycles. The fraction of sp³-hybridized carbons (Fsp3) is 0.296. The standard InChI is InChI=1S/C27H30ClN3O4S/c1-19(2)35-22-7-4-6-21(18-22)27(32)29-25-9-5-8-24(28)26(25)30-14-16-31(17-15-30)36(33,34)23-12-10-20(3)11-13-23/h4-13,18-19H,14-17H2,1-3H3,(H,29,32). The Morgan fingerprint density at radius 1 is 0.972 bits per heavy atom. The van der Waals surface area contributed by atoms with Crippen LogP contribution in [-0.2, 0) is 10.0 Å². The minimum atomic E-state index is -3.58. The Kier molecular flexibility index (Phi) is 7.88. The van der Waals surface area contributed by atoms with Crippen molar-refractivity contribution in [1.29, 1.82) is 0 Å². The average Bonchev–Trinajstić information content (AvgIpc) is 2.84. The van der Waals surface area contributed by atoms with Gasteiger partial charge in [0.15, 0.2) is 0 Å². The van der Waals surface area contributed by atoms with E-state index < -0.39 is 10.0 Å². The molecule has 1 aliphatic rings. The molecule has 0 saturated carbocycles. The number of piperazine rings is 1. The third-order valence-corrected chi connectivity index (χ3v) is 8.13. The number of para-hydroxylation sites is 1. The van der Waals surface area contributed by atoms with E-state index in [-0.39, 0.29) is 16.9 Å². The second-order valence-corrected chi connectivity index (χ2v) is 11.3. The van der Waals surface area contributed by atoms with E-state index in [0.29, 0.717) is 53.9 Å². The normalized spacial score (nSPS) is 14.6. The number of ether oxygens (including phenoxy) is 1. The molecular weight excluding hydrogens is 498 g/mol. The van der Waals surface area contributed by atoms with Gasteiger partial charge in [-0.2, -0.15) is 4.31 Å². The Bertz CT molecular complexity index is 1340. The van der Waals surface area contributed by atoms with Crippen molar-refractivity contribution >= 4 is 38.9 Å². The number of sulfonamides is 1. The van der Waals surface area contributed by atoms with Crippen molar-refractivity contribution in [3.8, 4) is 5.75 Å². The zero-order valence-corrected chi connectivity index (χ0v) is 22.1. The number of nitrogens with zero attached hydrogens (tertiary/aromatic N) is 2. The molecule has 4 rings (SSSR count). The van der Waals surface area contributed by atoms with Crippen molar-refractivity contribution in [3.05, 3.63) is 82.9 Å². The molecule has 0 bridgehead atoms. The van der Waals surface area contributed by atoms with E-state index in [2.05, 4.69) is 5.32 Å². The molecule has 3 aromatic rings. The van der Waals surface area contributed by atoms with Gasteiger partial charge in [-0.15, -0.1) is 0 Å². The predicted molar refractivity (Wildman–Crippen MR) is 144 cm³/mol. The molecule has 1 saturated heterocycles. The molecule has 7 nitrogen and oxygen atoms in total. The molecule has 3 aromatic carbocycles. The highest BCUT2D eigenvalue weighted by Crippen LogP contribution is 2.35. The summed E-state index contributed by atoms with van der Waals surface area (Å²) < 4.78 is 33.4. The van der Waals surface area contributed by atoms with Gasteiger partial charge >= 0.3 is 0 Å². The van der Waals surface area contributed by atoms with Crippen molar-refractivity contribution in [2.24, 2.45) is 0 Å². The first-order valence-electron chi connectivity index (χ1n) is 11.8. The summed E-state index contributed by atoms with van der Waals surface area (Å²) in [5.41, 5.74) is 2.71. The van der Waals surface area contributed by atoms with Crippen LogP contribution in [0.25, 0.3) is 0 Å². The highest BCUT2D eigenvalue weighted by atomic mass is 35.5. The lowest BCUT2D eigenvalue weighted by molar-refractivity contribution is 0.102. The third kappa shape index (κ3) is 5.83. The van der Waals surface area contributed by atoms with Gasteiger partial charge in [-0.25, -0.2) is 8.42 Å². The van der Waals surface area contributed by atoms with Gasteiger partial charge in [0, 0.05) is 31.7 Å². The first kappa shape index (κ1) is 26.0. The van der Waals surface area contributed by atoms with Gasteiger partial charge in [0.25, 0.3) is 5.91 Å². The highest BCUT2D eigenvalue weighted by Gasteiger charge is 2.30. The van der Waals surface area contributed by atoms with Crippen LogP contribution in [0.1, 0.15) is 29.8 Å². The van der Waals surface area contributed by atoms with Crippen LogP contribution >= 0.6 is 11.6 Å². The molecule has 9 heteroatoms. The summed E-state index contributed by atoms with van der Waals surface area (Å²) in [5, 5.41) is 3.45. The van der Waals surface area contributed by atoms with Gasteiger partial charge in [0.05, 0.1) is 27.4 Å². The quantitative estimate of drug-likeness (QED) is 0.457. The van der Waals surface area contributed by atoms with Crippen molar-refractivity contribution in [1.82, 2.24) is 4.31 Å². The summed E-state index contributed by atoms with van der Waals surface area (Å²) in [6, 6.07) is 19.2. The third-order valence-electron chi connectivity index (χ3n) is 5.92. The van der Waals surface area contributed by atoms with Gasteiger partial charge in [-0.3, -0.25) is 4.79 Å². The lowest BCUT2D eigenvalue weighted by atomic mass is 10.1. The summed E-state index contributed by atoms with van der Waals surface area (Å²) in [4.78, 5) is 15.3. The molecule has 1 heterocycles. The van der Waals surface area contributed by atoms with Crippen LogP contribution in [0.4, 0.5) is 11.4 Å². The smallest absolute Gasteiger partial charge is 0.255 e. The fourth-order valence-corrected chi connectivity index (χ4v) is 5.84. The Hall–Kier alpha value is -3.07. The number of anilines is 2. The van der Waals surface area contributed by atoms with E-state index in [1.54, 1.807) is 60.7 Å². The molecule has 0 radical (unpaired) electrons. The number of aryl methyl sites for hydroxylation is 1. The number of carbonyl (C=O) groups excluding carboxylic acids is 1. The maximum atomic E-state index is 13.1. The molecule has 36 heavy (non-hydrogen) atoms. The number of nitrogens with one attached hydrogen (secondary N) is 1. The predicted octanol–water partition coefficient (Wildman–Crippen LogP) is 5.20. The maximum Gasteiger partial charge on any atom is 0.255 e. The van der Waals surface area contributed by atoms with E-state index in [4.69, 9.17) is 16.3 Å². The molecule has 190 valence electrons. The summed E-state index contributed by atoms with van der Waals surface area (Å²) >= 11 is 6.57. The zero-order valence-electron chi connectivity index (χ0n) is 20.6. The first-order valence-corrected chi connectivity index (χ1v) is 13.7. The SMILES string of the molecule is Cc1ccc(S(=O)(=O)N2CCN(c3c(Cl)cccc3NC(=O)c3cccc(OC(C)C)c3)CC2)cc1. The monoisotopic (exact) mass is 527 g/mol. The number of amides is 1. The molecule has 1 amide bonds. The molecule has 1 aliphatic heterocycles. The minimum absolute atomic E-state index is 0.00340. The largest absolute Gasteiger partial charge is 0.491 e. The van der Waals surface area contributed by atoms with Gasteiger partial charge < -0.3 is 15.0 Å². The van der Waals surface area contributed by atoms with E-state index in [1.807, 2.05) is 31.7 Å². The van der Waals surface area contributed by atoms with Crippen LogP contribution in [0.3, 0.4) is 0 Å². The zero-order chi connectivity index (χ0) is 25.9. The second-order valence-electron chi connectivity index (χ2n) is 8.99. The van der Waals surface area contributed by atoms with Crippen molar-refractivity contribution in [2.75, 3.05) is 36.4 Å². The van der Waals surface area contributed by atoms with Gasteiger partial charge in [0.1, 0.15) is 5.75 Å². The lowest BCUT2D eigenvalue weighted by Gasteiger charge is -2.36. The van der Waals surface area contributed by atoms with E-state index in [0.717, 1.165) is 5.56 Å². The van der Waals surface area contributed by atoms with Crippen LogP contribution in [0.15, 0.2) is 71.6 Å². The molecule has 0 unspecified atom stereocenters. The topological polar surface area (TPSA) is 79.0 Å². The minimum Gasteiger partial charge on any atom is -0.491 e. The van der Waals surface area contributed by atoms with Gasteiger partial charge in [0.2, 0.25) is 10.0 Å². The van der Waals surface area contributed by atoms with E-state index in [9.17, 15) is 13.2 Å². The molecule has 0 aliphatic carbocycles. The molecule has 0 spiro atoms. The average molecular weight is 528 g/mol. The Balaban J connectivity index is 1.50. The Labute approximate surface area is 217 Å². The molecule has 0 atom stereocenters. The number of benzene rings is 3. The molecule has 1 N–H and O–H groups in total. The molecular formula is C27H30ClN3O4S. The summed E-state index contributed by atoms with van der Waals surface area (Å²) in [7, 11) is -3.58. The molecule has 1 fully saturated rings. The maximum absolute atomic E-state index is 13.1. The van der Waals surface area contributed by atoms with Crippen LogP contribution < -0.4 is 15.0 Å². The highest BCUT2D eigenvalue weighted by molar-refractivity contribution is 7.89. The first-order chi connectivity index (χ1) is 17.1. The van der Waals surface area contributed by atoms with Gasteiger partial charge in [-0.05, 0) is 63.2 Å². The lowest BCUT2D eigenvalue weighted by Crippen LogP contribution is -2.49. The number of hydrogen-bond donors (Lipinski definition) is 1. The van der Waals surface area contributed by atoms with E-state index >= 15 is 0 Å². The van der Waals surface area contributed by atoms with Crippen molar-refractivity contribution in [2.45, 2.75) is 31.8 Å². The van der Waals surface area contributed by atoms with Crippen LogP contribution in [0.5, 0.6) is 5.75 Å². The second kappa shape index (κ2) is 10.9.